The Kier molecular flexibility index (Phi) is 8.52. The van der Waals surface area contributed by atoms with E-state index in [0.29, 0.717) is 5.02 Å². The molecule has 0 fully saturated rings. The van der Waals surface area contributed by atoms with Crippen molar-refractivity contribution in [1.82, 2.24) is 21.3 Å². The summed E-state index contributed by atoms with van der Waals surface area (Å²) in [6, 6.07) is 4.36. The lowest BCUT2D eigenvalue weighted by atomic mass is 10.1. The van der Waals surface area contributed by atoms with Crippen molar-refractivity contribution in [2.45, 2.75) is 26.3 Å². The predicted octanol–water partition coefficient (Wildman–Crippen LogP) is 0.870. The Morgan fingerprint density at radius 1 is 0.852 bits per heavy atom. The first-order valence-electron chi connectivity index (χ1n) is 8.05. The summed E-state index contributed by atoms with van der Waals surface area (Å²) in [7, 11) is 0. The van der Waals surface area contributed by atoms with Gasteiger partial charge in [0.1, 0.15) is 0 Å². The Labute approximate surface area is 167 Å². The molecule has 0 aromatic heterocycles. The third-order valence-electron chi connectivity index (χ3n) is 2.99. The first-order chi connectivity index (χ1) is 12.5. The average molecular weight is 417 g/mol. The van der Waals surface area contributed by atoms with Gasteiger partial charge in [-0.15, -0.1) is 0 Å². The molecule has 8 nitrogen and oxygen atoms in total. The van der Waals surface area contributed by atoms with Crippen LogP contribution in [0.4, 0.5) is 0 Å². The minimum atomic E-state index is -0.567. The molecular weight excluding hydrogens is 395 g/mol. The van der Waals surface area contributed by atoms with Gasteiger partial charge in [0.05, 0.1) is 30.2 Å². The highest BCUT2D eigenvalue weighted by molar-refractivity contribution is 6.36. The van der Waals surface area contributed by atoms with Crippen LogP contribution in [0.1, 0.15) is 31.1 Å². The highest BCUT2D eigenvalue weighted by atomic mass is 35.5. The molecule has 1 rings (SSSR count). The van der Waals surface area contributed by atoms with Gasteiger partial charge in [-0.2, -0.15) is 0 Å². The minimum Gasteiger partial charge on any atom is -0.350 e. The largest absolute Gasteiger partial charge is 0.350 e. The van der Waals surface area contributed by atoms with Crippen LogP contribution in [-0.4, -0.2) is 48.8 Å². The topological polar surface area (TPSA) is 116 Å². The summed E-state index contributed by atoms with van der Waals surface area (Å²) in [5.41, 5.74) is -0.224. The van der Waals surface area contributed by atoms with Crippen molar-refractivity contribution in [2.24, 2.45) is 0 Å². The molecule has 27 heavy (non-hydrogen) atoms. The zero-order valence-electron chi connectivity index (χ0n) is 15.2. The van der Waals surface area contributed by atoms with Crippen LogP contribution in [-0.2, 0) is 14.4 Å². The molecule has 0 radical (unpaired) electrons. The lowest BCUT2D eigenvalue weighted by Crippen LogP contribution is -2.48. The van der Waals surface area contributed by atoms with E-state index >= 15 is 0 Å². The van der Waals surface area contributed by atoms with Crippen LogP contribution < -0.4 is 21.3 Å². The number of hydrogen-bond acceptors (Lipinski definition) is 4. The number of carbonyl (C=O) groups excluding carboxylic acids is 4. The zero-order chi connectivity index (χ0) is 20.6. The Hall–Kier alpha value is -2.32. The molecule has 0 unspecified atom stereocenters. The second kappa shape index (κ2) is 10.1. The molecule has 4 N–H and O–H groups in total. The van der Waals surface area contributed by atoms with Gasteiger partial charge in [-0.25, -0.2) is 0 Å². The number of rotatable bonds is 7. The molecule has 0 spiro atoms. The van der Waals surface area contributed by atoms with Crippen molar-refractivity contribution < 1.29 is 19.2 Å². The smallest absolute Gasteiger partial charge is 0.253 e. The van der Waals surface area contributed by atoms with Crippen molar-refractivity contribution in [3.63, 3.8) is 0 Å². The van der Waals surface area contributed by atoms with Gasteiger partial charge in [0, 0.05) is 10.6 Å². The van der Waals surface area contributed by atoms with Gasteiger partial charge in [0.25, 0.3) is 5.91 Å². The van der Waals surface area contributed by atoms with E-state index < -0.39 is 23.3 Å². The van der Waals surface area contributed by atoms with Gasteiger partial charge < -0.3 is 21.3 Å². The van der Waals surface area contributed by atoms with E-state index in [1.165, 1.54) is 18.2 Å². The molecule has 148 valence electrons. The second-order valence-electron chi connectivity index (χ2n) is 6.66. The summed E-state index contributed by atoms with van der Waals surface area (Å²) in [5.74, 6) is -1.98. The molecule has 4 amide bonds. The third-order valence-corrected chi connectivity index (χ3v) is 3.54. The first-order valence-corrected chi connectivity index (χ1v) is 8.81. The van der Waals surface area contributed by atoms with E-state index in [-0.39, 0.29) is 36.1 Å². The van der Waals surface area contributed by atoms with Crippen LogP contribution in [0.25, 0.3) is 0 Å². The highest BCUT2D eigenvalue weighted by Crippen LogP contribution is 2.20. The average Bonchev–Trinajstić information content (AvgIpc) is 2.54. The Balaban J connectivity index is 2.31. The number of carbonyl (C=O) groups is 4. The molecule has 0 aliphatic carbocycles. The van der Waals surface area contributed by atoms with Crippen molar-refractivity contribution in [3.8, 4) is 0 Å². The van der Waals surface area contributed by atoms with Crippen LogP contribution in [0.15, 0.2) is 18.2 Å². The molecule has 0 saturated carbocycles. The molecular formula is C17H22Cl2N4O4. The molecule has 1 aromatic carbocycles. The van der Waals surface area contributed by atoms with E-state index in [4.69, 9.17) is 23.2 Å². The van der Waals surface area contributed by atoms with Gasteiger partial charge in [0.15, 0.2) is 0 Å². The highest BCUT2D eigenvalue weighted by Gasteiger charge is 2.15. The van der Waals surface area contributed by atoms with Gasteiger partial charge in [0.2, 0.25) is 17.7 Å². The van der Waals surface area contributed by atoms with Gasteiger partial charge >= 0.3 is 0 Å². The maximum atomic E-state index is 12.0. The molecule has 10 heteroatoms. The van der Waals surface area contributed by atoms with E-state index in [1.807, 2.05) is 20.8 Å². The first kappa shape index (κ1) is 22.7. The van der Waals surface area contributed by atoms with Crippen LogP contribution >= 0.6 is 23.2 Å². The zero-order valence-corrected chi connectivity index (χ0v) is 16.8. The van der Waals surface area contributed by atoms with Crippen LogP contribution in [0, 0.1) is 0 Å². The van der Waals surface area contributed by atoms with E-state index in [1.54, 1.807) is 0 Å². The molecule has 0 aliphatic rings. The molecule has 0 saturated heterocycles. The Morgan fingerprint density at radius 3 is 1.89 bits per heavy atom. The minimum absolute atomic E-state index is 0.160. The van der Waals surface area contributed by atoms with Crippen molar-refractivity contribution in [2.75, 3.05) is 19.6 Å². The standard InChI is InChI=1S/C17H22Cl2N4O4/c1-17(2,3)23-15(26)9-21-13(24)7-20-14(25)8-22-16(27)11-5-4-10(18)6-12(11)19/h4-6H,7-9H2,1-3H3,(H,20,25)(H,21,24)(H,22,27)(H,23,26). The number of hydrogen-bond donors (Lipinski definition) is 4. The number of nitrogens with one attached hydrogen (secondary N) is 4. The number of halogens is 2. The van der Waals surface area contributed by atoms with Crippen molar-refractivity contribution in [3.05, 3.63) is 33.8 Å². The Bertz CT molecular complexity index is 732. The SMILES string of the molecule is CC(C)(C)NC(=O)CNC(=O)CNC(=O)CNC(=O)c1ccc(Cl)cc1Cl. The maximum absolute atomic E-state index is 12.0. The predicted molar refractivity (Wildman–Crippen MR) is 103 cm³/mol. The quantitative estimate of drug-likeness (QED) is 0.527. The summed E-state index contributed by atoms with van der Waals surface area (Å²) in [6.45, 7) is 4.60. The fraction of sp³-hybridized carbons (Fsp3) is 0.412. The van der Waals surface area contributed by atoms with Gasteiger partial charge in [-0.05, 0) is 39.0 Å². The van der Waals surface area contributed by atoms with Crippen LogP contribution in [0.3, 0.4) is 0 Å². The monoisotopic (exact) mass is 416 g/mol. The molecule has 0 bridgehead atoms. The van der Waals surface area contributed by atoms with E-state index in [2.05, 4.69) is 21.3 Å². The van der Waals surface area contributed by atoms with Crippen LogP contribution in [0.2, 0.25) is 10.0 Å². The molecule has 0 aliphatic heterocycles. The summed E-state index contributed by atoms with van der Waals surface area (Å²) >= 11 is 11.7. The van der Waals surface area contributed by atoms with Gasteiger partial charge in [-0.3, -0.25) is 19.2 Å². The fourth-order valence-corrected chi connectivity index (χ4v) is 2.37. The lowest BCUT2D eigenvalue weighted by Gasteiger charge is -2.20. The molecule has 1 aromatic rings. The molecule has 0 atom stereocenters. The summed E-state index contributed by atoms with van der Waals surface area (Å²) in [6.07, 6.45) is 0. The van der Waals surface area contributed by atoms with Crippen molar-refractivity contribution >= 4 is 46.8 Å². The number of benzene rings is 1. The number of amides is 4. The second-order valence-corrected chi connectivity index (χ2v) is 7.50. The fourth-order valence-electron chi connectivity index (χ4n) is 1.87. The summed E-state index contributed by atoms with van der Waals surface area (Å²) < 4.78 is 0. The normalized spacial score (nSPS) is 10.7. The summed E-state index contributed by atoms with van der Waals surface area (Å²) in [4.78, 5) is 46.9. The summed E-state index contributed by atoms with van der Waals surface area (Å²) in [5, 5.41) is 10.3. The third kappa shape index (κ3) is 9.25. The van der Waals surface area contributed by atoms with E-state index in [9.17, 15) is 19.2 Å². The van der Waals surface area contributed by atoms with Crippen molar-refractivity contribution in [1.29, 1.82) is 0 Å². The maximum Gasteiger partial charge on any atom is 0.253 e. The Morgan fingerprint density at radius 2 is 1.37 bits per heavy atom. The molecule has 0 heterocycles. The lowest BCUT2D eigenvalue weighted by molar-refractivity contribution is -0.127. The van der Waals surface area contributed by atoms with Crippen LogP contribution in [0.5, 0.6) is 0 Å². The van der Waals surface area contributed by atoms with Gasteiger partial charge in [-0.1, -0.05) is 23.2 Å². The van der Waals surface area contributed by atoms with E-state index in [0.717, 1.165) is 0 Å².